The summed E-state index contributed by atoms with van der Waals surface area (Å²) >= 11 is 0. The van der Waals surface area contributed by atoms with Gasteiger partial charge in [-0.05, 0) is 42.5 Å². The molecule has 10 heteroatoms. The Morgan fingerprint density at radius 3 is 2.71 bits per heavy atom. The summed E-state index contributed by atoms with van der Waals surface area (Å²) < 4.78 is 0. The minimum atomic E-state index is -0.256. The summed E-state index contributed by atoms with van der Waals surface area (Å²) in [5.74, 6) is 0.229. The molecule has 0 bridgehead atoms. The molecule has 0 aliphatic rings. The number of carbonyl (C=O) groups excluding carboxylic acids is 1. The van der Waals surface area contributed by atoms with Crippen molar-refractivity contribution in [2.24, 2.45) is 0 Å². The number of anilines is 3. The Balaban J connectivity index is 1.25. The molecule has 0 atom stereocenters. The fourth-order valence-corrected chi connectivity index (χ4v) is 3.70. The van der Waals surface area contributed by atoms with E-state index in [4.69, 9.17) is 0 Å². The highest BCUT2D eigenvalue weighted by molar-refractivity contribution is 6.06. The fourth-order valence-electron chi connectivity index (χ4n) is 3.70. The topological polar surface area (TPSA) is 137 Å². The quantitative estimate of drug-likeness (QED) is 0.309. The standard InChI is InChI=1S/C24H17N9O/c34-23(29-18-5-8-26-27-13-18)22-11-15-2-1-14(10-21(15)31-22)19-6-7-25-24(32-19)30-17-3-4-20-16(9-17)12-28-33-20/h1-13,31H,(H,28,33)(H,25,30,32)(H,26,29,34). The van der Waals surface area contributed by atoms with Crippen LogP contribution in [0.3, 0.4) is 0 Å². The van der Waals surface area contributed by atoms with Gasteiger partial charge in [0.05, 0.1) is 35.5 Å². The largest absolute Gasteiger partial charge is 0.351 e. The molecule has 0 saturated carbocycles. The van der Waals surface area contributed by atoms with Gasteiger partial charge in [0.1, 0.15) is 5.69 Å². The average molecular weight is 447 g/mol. The lowest BCUT2D eigenvalue weighted by atomic mass is 10.1. The van der Waals surface area contributed by atoms with Crippen LogP contribution in [0.1, 0.15) is 10.5 Å². The highest BCUT2D eigenvalue weighted by atomic mass is 16.1. The van der Waals surface area contributed by atoms with Gasteiger partial charge in [-0.3, -0.25) is 9.89 Å². The lowest BCUT2D eigenvalue weighted by Crippen LogP contribution is -2.12. The maximum absolute atomic E-state index is 12.6. The highest BCUT2D eigenvalue weighted by Gasteiger charge is 2.12. The van der Waals surface area contributed by atoms with Crippen LogP contribution in [0.4, 0.5) is 17.3 Å². The molecule has 4 heterocycles. The van der Waals surface area contributed by atoms with Gasteiger partial charge in [-0.2, -0.15) is 15.3 Å². The lowest BCUT2D eigenvalue weighted by Gasteiger charge is -2.07. The second kappa shape index (κ2) is 8.10. The number of aromatic amines is 2. The first kappa shape index (κ1) is 19.6. The minimum Gasteiger partial charge on any atom is -0.351 e. The third-order valence-electron chi connectivity index (χ3n) is 5.36. The van der Waals surface area contributed by atoms with Crippen LogP contribution in [-0.2, 0) is 0 Å². The maximum Gasteiger partial charge on any atom is 0.272 e. The maximum atomic E-state index is 12.6. The molecule has 0 radical (unpaired) electrons. The second-order valence-electron chi connectivity index (χ2n) is 7.63. The van der Waals surface area contributed by atoms with Gasteiger partial charge >= 0.3 is 0 Å². The van der Waals surface area contributed by atoms with Crippen molar-refractivity contribution >= 4 is 45.0 Å². The Hall–Kier alpha value is -5.12. The molecule has 0 unspecified atom stereocenters. The minimum absolute atomic E-state index is 0.256. The number of hydrogen-bond donors (Lipinski definition) is 4. The van der Waals surface area contributed by atoms with Crippen molar-refractivity contribution in [1.82, 2.24) is 35.3 Å². The Morgan fingerprint density at radius 1 is 0.824 bits per heavy atom. The summed E-state index contributed by atoms with van der Waals surface area (Å²) in [7, 11) is 0. The number of H-pyrrole nitrogens is 2. The van der Waals surface area contributed by atoms with Crippen LogP contribution in [0, 0.1) is 0 Å². The van der Waals surface area contributed by atoms with Crippen LogP contribution < -0.4 is 10.6 Å². The van der Waals surface area contributed by atoms with Crippen LogP contribution >= 0.6 is 0 Å². The van der Waals surface area contributed by atoms with Crippen molar-refractivity contribution in [3.63, 3.8) is 0 Å². The van der Waals surface area contributed by atoms with E-state index in [1.165, 1.54) is 12.4 Å². The number of carbonyl (C=O) groups is 1. The van der Waals surface area contributed by atoms with E-state index in [2.05, 4.69) is 46.0 Å². The summed E-state index contributed by atoms with van der Waals surface area (Å²) in [6, 6.07) is 17.1. The van der Waals surface area contributed by atoms with Gasteiger partial charge in [-0.25, -0.2) is 9.97 Å². The first-order chi connectivity index (χ1) is 16.7. The van der Waals surface area contributed by atoms with Crippen molar-refractivity contribution < 1.29 is 4.79 Å². The summed E-state index contributed by atoms with van der Waals surface area (Å²) in [5.41, 5.74) is 5.34. The average Bonchev–Trinajstić information content (AvgIpc) is 3.51. The Kier molecular flexibility index (Phi) is 4.66. The summed E-state index contributed by atoms with van der Waals surface area (Å²) in [5, 5.41) is 22.4. The van der Waals surface area contributed by atoms with E-state index in [0.29, 0.717) is 17.3 Å². The fraction of sp³-hybridized carbons (Fsp3) is 0. The van der Waals surface area contributed by atoms with Gasteiger partial charge < -0.3 is 15.6 Å². The van der Waals surface area contributed by atoms with Gasteiger partial charge in [0.15, 0.2) is 0 Å². The molecule has 0 aliphatic carbocycles. The molecular weight excluding hydrogens is 430 g/mol. The monoisotopic (exact) mass is 447 g/mol. The van der Waals surface area contributed by atoms with Gasteiger partial charge in [-0.15, -0.1) is 0 Å². The number of nitrogens with one attached hydrogen (secondary N) is 4. The Labute approximate surface area is 192 Å². The van der Waals surface area contributed by atoms with Crippen LogP contribution in [0.15, 0.2) is 79.4 Å². The van der Waals surface area contributed by atoms with Crippen LogP contribution in [0.5, 0.6) is 0 Å². The second-order valence-corrected chi connectivity index (χ2v) is 7.63. The molecular formula is C24H17N9O. The van der Waals surface area contributed by atoms with E-state index in [1.54, 1.807) is 18.5 Å². The van der Waals surface area contributed by atoms with Crippen molar-refractivity contribution in [2.75, 3.05) is 10.6 Å². The smallest absolute Gasteiger partial charge is 0.272 e. The van der Waals surface area contributed by atoms with E-state index in [9.17, 15) is 4.79 Å². The molecule has 0 fully saturated rings. The predicted octanol–water partition coefficient (Wildman–Crippen LogP) is 4.29. The first-order valence-electron chi connectivity index (χ1n) is 10.5. The summed E-state index contributed by atoms with van der Waals surface area (Å²) in [4.78, 5) is 24.8. The summed E-state index contributed by atoms with van der Waals surface area (Å²) in [6.07, 6.45) is 6.49. The third-order valence-corrected chi connectivity index (χ3v) is 5.36. The first-order valence-corrected chi connectivity index (χ1v) is 10.5. The number of nitrogens with zero attached hydrogens (tertiary/aromatic N) is 5. The number of rotatable bonds is 5. The van der Waals surface area contributed by atoms with Crippen LogP contribution in [0.2, 0.25) is 0 Å². The number of amides is 1. The molecule has 6 rings (SSSR count). The Morgan fingerprint density at radius 2 is 1.79 bits per heavy atom. The number of benzene rings is 2. The molecule has 6 aromatic rings. The van der Waals surface area contributed by atoms with Crippen molar-refractivity contribution in [1.29, 1.82) is 0 Å². The number of fused-ring (bicyclic) bond motifs is 2. The molecule has 34 heavy (non-hydrogen) atoms. The van der Waals surface area contributed by atoms with Crippen LogP contribution in [0.25, 0.3) is 33.1 Å². The molecule has 4 aromatic heterocycles. The molecule has 4 N–H and O–H groups in total. The lowest BCUT2D eigenvalue weighted by molar-refractivity contribution is 0.102. The van der Waals surface area contributed by atoms with Crippen molar-refractivity contribution in [3.05, 3.63) is 85.1 Å². The predicted molar refractivity (Wildman–Crippen MR) is 129 cm³/mol. The van der Waals surface area contributed by atoms with E-state index >= 15 is 0 Å². The molecule has 164 valence electrons. The molecule has 1 amide bonds. The normalized spacial score (nSPS) is 11.1. The molecule has 10 nitrogen and oxygen atoms in total. The van der Waals surface area contributed by atoms with Gasteiger partial charge in [0.25, 0.3) is 5.91 Å². The summed E-state index contributed by atoms with van der Waals surface area (Å²) in [6.45, 7) is 0. The zero-order valence-electron chi connectivity index (χ0n) is 17.6. The van der Waals surface area contributed by atoms with E-state index < -0.39 is 0 Å². The van der Waals surface area contributed by atoms with E-state index in [-0.39, 0.29) is 5.91 Å². The van der Waals surface area contributed by atoms with Gasteiger partial charge in [0.2, 0.25) is 5.95 Å². The highest BCUT2D eigenvalue weighted by Crippen LogP contribution is 2.25. The Bertz CT molecular complexity index is 1640. The molecule has 2 aromatic carbocycles. The van der Waals surface area contributed by atoms with Crippen molar-refractivity contribution in [2.45, 2.75) is 0 Å². The van der Waals surface area contributed by atoms with Crippen LogP contribution in [-0.4, -0.2) is 41.3 Å². The molecule has 0 saturated heterocycles. The molecule has 0 aliphatic heterocycles. The number of aromatic nitrogens is 7. The SMILES string of the molecule is O=C(Nc1ccnnc1)c1cc2ccc(-c3ccnc(Nc4ccc5[nH]ncc5c4)n3)cc2[nH]1. The van der Waals surface area contributed by atoms with E-state index in [0.717, 1.165) is 38.8 Å². The zero-order valence-corrected chi connectivity index (χ0v) is 17.6. The number of hydrogen-bond acceptors (Lipinski definition) is 7. The molecule has 0 spiro atoms. The van der Waals surface area contributed by atoms with Crippen molar-refractivity contribution in [3.8, 4) is 11.3 Å². The van der Waals surface area contributed by atoms with E-state index in [1.807, 2.05) is 48.5 Å². The zero-order chi connectivity index (χ0) is 22.9. The van der Waals surface area contributed by atoms with Gasteiger partial charge in [-0.1, -0.05) is 12.1 Å². The van der Waals surface area contributed by atoms with Gasteiger partial charge in [0, 0.05) is 33.7 Å². The third kappa shape index (κ3) is 3.79.